The molecule has 1 unspecified atom stereocenters. The zero-order valence-corrected chi connectivity index (χ0v) is 51.5. The van der Waals surface area contributed by atoms with Crippen LogP contribution in [0.5, 0.6) is 0 Å². The quantitative estimate of drug-likeness (QED) is 0.0261. The third-order valence-electron chi connectivity index (χ3n) is 12.5. The zero-order chi connectivity index (χ0) is 58.5. The molecule has 0 aromatic heterocycles. The van der Waals surface area contributed by atoms with Gasteiger partial charge in [-0.1, -0.05) is 254 Å². The molecule has 6 nitrogen and oxygen atoms in total. The maximum atomic E-state index is 12.9. The number of unbranched alkanes of at least 4 members (excludes halogenated alkanes) is 12. The number of ether oxygens (including phenoxy) is 3. The van der Waals surface area contributed by atoms with Crippen molar-refractivity contribution in [2.24, 2.45) is 0 Å². The molecule has 0 saturated heterocycles. The van der Waals surface area contributed by atoms with Gasteiger partial charge in [-0.3, -0.25) is 14.4 Å². The third-order valence-corrected chi connectivity index (χ3v) is 12.5. The van der Waals surface area contributed by atoms with E-state index in [0.717, 1.165) is 186 Å². The van der Waals surface area contributed by atoms with E-state index in [9.17, 15) is 14.4 Å². The summed E-state index contributed by atoms with van der Waals surface area (Å²) in [5.74, 6) is -1.01. The molecule has 0 fully saturated rings. The van der Waals surface area contributed by atoms with Gasteiger partial charge in [-0.15, -0.1) is 0 Å². The average molecular weight is 1110 g/mol. The van der Waals surface area contributed by atoms with E-state index in [1.54, 1.807) is 0 Å². The number of hydrogen-bond acceptors (Lipinski definition) is 6. The van der Waals surface area contributed by atoms with Gasteiger partial charge >= 0.3 is 17.9 Å². The number of carbonyl (C=O) groups is 3. The first-order valence-corrected chi connectivity index (χ1v) is 31.9. The monoisotopic (exact) mass is 1110 g/mol. The Balaban J connectivity index is 4.38. The number of carbonyl (C=O) groups excluding carboxylic acids is 3. The van der Waals surface area contributed by atoms with Crippen LogP contribution in [-0.4, -0.2) is 37.2 Å². The molecule has 0 saturated carbocycles. The Morgan fingerprint density at radius 2 is 0.481 bits per heavy atom. The summed E-state index contributed by atoms with van der Waals surface area (Å²) >= 11 is 0. The van der Waals surface area contributed by atoms with Gasteiger partial charge in [-0.2, -0.15) is 0 Å². The summed E-state index contributed by atoms with van der Waals surface area (Å²) in [6.07, 6.45) is 102. The van der Waals surface area contributed by atoms with Crippen LogP contribution in [0.1, 0.15) is 239 Å². The van der Waals surface area contributed by atoms with E-state index in [1.807, 2.05) is 0 Å². The van der Waals surface area contributed by atoms with Gasteiger partial charge in [0.05, 0.1) is 0 Å². The van der Waals surface area contributed by atoms with Crippen molar-refractivity contribution < 1.29 is 28.6 Å². The summed E-state index contributed by atoms with van der Waals surface area (Å²) in [6, 6.07) is 0. The fourth-order valence-corrected chi connectivity index (χ4v) is 7.85. The Kier molecular flexibility index (Phi) is 62.0. The highest BCUT2D eigenvalue weighted by Gasteiger charge is 2.19. The number of rotatable bonds is 55. The van der Waals surface area contributed by atoms with Crippen LogP contribution in [0.2, 0.25) is 0 Å². The van der Waals surface area contributed by atoms with Crippen LogP contribution in [0.4, 0.5) is 0 Å². The fraction of sp³-hybridized carbons (Fsp3) is 0.533. The lowest BCUT2D eigenvalue weighted by atomic mass is 10.1. The largest absolute Gasteiger partial charge is 0.462 e. The Labute approximate surface area is 497 Å². The minimum absolute atomic E-state index is 0.120. The van der Waals surface area contributed by atoms with E-state index in [1.165, 1.54) is 6.42 Å². The Bertz CT molecular complexity index is 1950. The van der Waals surface area contributed by atoms with Crippen molar-refractivity contribution in [3.63, 3.8) is 0 Å². The first kappa shape index (κ1) is 75.2. The molecule has 0 N–H and O–H groups in total. The summed E-state index contributed by atoms with van der Waals surface area (Å²) < 4.78 is 16.8. The molecule has 450 valence electrons. The van der Waals surface area contributed by atoms with Crippen molar-refractivity contribution in [1.29, 1.82) is 0 Å². The summed E-state index contributed by atoms with van der Waals surface area (Å²) in [5.41, 5.74) is 0. The number of esters is 3. The lowest BCUT2D eigenvalue weighted by Gasteiger charge is -2.18. The molecular weight excluding hydrogens is 997 g/mol. The average Bonchev–Trinajstić information content (AvgIpc) is 3.46. The molecular formula is C75H114O6. The maximum absolute atomic E-state index is 12.9. The van der Waals surface area contributed by atoms with Gasteiger partial charge < -0.3 is 14.2 Å². The lowest BCUT2D eigenvalue weighted by molar-refractivity contribution is -0.167. The molecule has 0 rings (SSSR count). The SMILES string of the molecule is CC/C=C\C/C=C\C/C=C\C/C=C\C/C=C\C/C=C\C/C=C\C/C=C\C/C=C\C/C=C\CCCCCCC(=O)OCC(COC(=O)CCCCCCC/C=C\C/C=C\CCC)OC(=O)CCCC/C=C\C/C=C\C/C=C\C/C=C\CC. The van der Waals surface area contributed by atoms with Crippen molar-refractivity contribution in [1.82, 2.24) is 0 Å². The molecule has 0 aliphatic heterocycles. The highest BCUT2D eigenvalue weighted by molar-refractivity contribution is 5.71. The van der Waals surface area contributed by atoms with E-state index in [-0.39, 0.29) is 37.5 Å². The van der Waals surface area contributed by atoms with Crippen LogP contribution in [0, 0.1) is 0 Å². The van der Waals surface area contributed by atoms with Gasteiger partial charge in [0.25, 0.3) is 0 Å². The molecule has 1 atom stereocenters. The summed E-state index contributed by atoms with van der Waals surface area (Å²) in [4.78, 5) is 38.2. The summed E-state index contributed by atoms with van der Waals surface area (Å²) in [6.45, 7) is 6.25. The van der Waals surface area contributed by atoms with E-state index >= 15 is 0 Å². The second-order valence-electron chi connectivity index (χ2n) is 20.2. The third kappa shape index (κ3) is 64.9. The highest BCUT2D eigenvalue weighted by Crippen LogP contribution is 2.12. The van der Waals surface area contributed by atoms with Crippen molar-refractivity contribution in [2.45, 2.75) is 245 Å². The molecule has 0 aliphatic carbocycles. The normalized spacial score (nSPS) is 13.5. The minimum atomic E-state index is -0.828. The van der Waals surface area contributed by atoms with Crippen LogP contribution in [-0.2, 0) is 28.6 Å². The maximum Gasteiger partial charge on any atom is 0.306 e. The first-order chi connectivity index (χ1) is 40.0. The molecule has 0 heterocycles. The van der Waals surface area contributed by atoms with E-state index < -0.39 is 6.10 Å². The van der Waals surface area contributed by atoms with Crippen LogP contribution < -0.4 is 0 Å². The number of allylic oxidation sites excluding steroid dienone is 32. The predicted molar refractivity (Wildman–Crippen MR) is 352 cm³/mol. The van der Waals surface area contributed by atoms with Crippen molar-refractivity contribution in [2.75, 3.05) is 13.2 Å². The van der Waals surface area contributed by atoms with E-state index in [4.69, 9.17) is 14.2 Å². The fourth-order valence-electron chi connectivity index (χ4n) is 7.85. The van der Waals surface area contributed by atoms with Crippen LogP contribution in [0.25, 0.3) is 0 Å². The Morgan fingerprint density at radius 1 is 0.259 bits per heavy atom. The smallest absolute Gasteiger partial charge is 0.306 e. The van der Waals surface area contributed by atoms with E-state index in [2.05, 4.69) is 215 Å². The highest BCUT2D eigenvalue weighted by atomic mass is 16.6. The second kappa shape index (κ2) is 66.8. The summed E-state index contributed by atoms with van der Waals surface area (Å²) in [5, 5.41) is 0. The molecule has 0 spiro atoms. The molecule has 0 aromatic rings. The van der Waals surface area contributed by atoms with Crippen LogP contribution in [0.15, 0.2) is 194 Å². The van der Waals surface area contributed by atoms with Crippen molar-refractivity contribution >= 4 is 17.9 Å². The van der Waals surface area contributed by atoms with Crippen LogP contribution in [0.3, 0.4) is 0 Å². The molecule has 0 radical (unpaired) electrons. The standard InChI is InChI=1S/C75H114O6/c1-4-7-10-13-16-19-22-25-27-28-29-30-31-32-33-34-35-36-37-38-39-40-41-42-43-44-45-46-48-50-53-56-59-62-65-68-74(77)80-71-72(70-79-73(76)67-64-61-58-55-52-49-24-21-18-15-12-9-6-3)81-75(78)69-66-63-60-57-54-51-47-26-23-20-17-14-11-8-5-2/h7-8,10-12,15-17,19-21,24-27,29-30,32-33,35-36,38-39,41-42,44-45,47-48,50,54,57,72H,4-6,9,13-14,18,22-23,28,31,34,37,40,43,46,49,51-53,55-56,58-71H2,1-3H3/b10-7-,11-8-,15-12-,19-16-,20-17-,24-21-,27-25-,30-29-,33-32-,36-35-,39-38-,42-41-,45-44-,47-26-,50-48-,57-54-. The summed E-state index contributed by atoms with van der Waals surface area (Å²) in [7, 11) is 0. The van der Waals surface area contributed by atoms with E-state index in [0.29, 0.717) is 19.3 Å². The molecule has 0 aromatic carbocycles. The van der Waals surface area contributed by atoms with Gasteiger partial charge in [-0.05, 0) is 161 Å². The zero-order valence-electron chi connectivity index (χ0n) is 51.5. The lowest BCUT2D eigenvalue weighted by Crippen LogP contribution is -2.30. The van der Waals surface area contributed by atoms with Crippen LogP contribution >= 0.6 is 0 Å². The molecule has 0 amide bonds. The molecule has 0 bridgehead atoms. The molecule has 0 aliphatic rings. The van der Waals surface area contributed by atoms with Gasteiger partial charge in [0.15, 0.2) is 6.10 Å². The van der Waals surface area contributed by atoms with Gasteiger partial charge in [0.2, 0.25) is 0 Å². The molecule has 81 heavy (non-hydrogen) atoms. The Morgan fingerprint density at radius 3 is 0.778 bits per heavy atom. The Hall–Kier alpha value is -5.75. The predicted octanol–water partition coefficient (Wildman–Crippen LogP) is 22.2. The molecule has 6 heteroatoms. The van der Waals surface area contributed by atoms with Gasteiger partial charge in [0.1, 0.15) is 13.2 Å². The number of hydrogen-bond donors (Lipinski definition) is 0. The van der Waals surface area contributed by atoms with Crippen molar-refractivity contribution in [3.8, 4) is 0 Å². The minimum Gasteiger partial charge on any atom is -0.462 e. The first-order valence-electron chi connectivity index (χ1n) is 31.9. The topological polar surface area (TPSA) is 78.9 Å². The van der Waals surface area contributed by atoms with Gasteiger partial charge in [0, 0.05) is 19.3 Å². The van der Waals surface area contributed by atoms with Crippen molar-refractivity contribution in [3.05, 3.63) is 194 Å². The second-order valence-corrected chi connectivity index (χ2v) is 20.2. The van der Waals surface area contributed by atoms with Gasteiger partial charge in [-0.25, -0.2) is 0 Å².